The van der Waals surface area contributed by atoms with Gasteiger partial charge in [-0.15, -0.1) is 0 Å². The number of amides is 11. The molecule has 0 saturated carbocycles. The third kappa shape index (κ3) is 20.3. The molecule has 1 aliphatic rings. The quantitative estimate of drug-likeness (QED) is 0.208. The average Bonchev–Trinajstić information content (AvgIpc) is 3.37. The molecule has 1 fully saturated rings. The first-order valence-corrected chi connectivity index (χ1v) is 28.9. The maximum Gasteiger partial charge on any atom is 0.245 e. The monoisotopic (exact) mass is 1130 g/mol. The molecule has 0 spiro atoms. The van der Waals surface area contributed by atoms with E-state index in [1.807, 2.05) is 69.2 Å². The zero-order valence-corrected chi connectivity index (χ0v) is 53.0. The van der Waals surface area contributed by atoms with Crippen molar-refractivity contribution < 1.29 is 52.7 Å². The molecule has 0 aromatic carbocycles. The van der Waals surface area contributed by atoms with E-state index in [-0.39, 0.29) is 74.5 Å². The molecule has 1 saturated heterocycles. The van der Waals surface area contributed by atoms with Gasteiger partial charge in [-0.2, -0.15) is 0 Å². The van der Waals surface area contributed by atoms with Crippen LogP contribution in [0, 0.1) is 35.5 Å². The van der Waals surface area contributed by atoms with Gasteiger partial charge in [0, 0.05) is 49.3 Å². The molecule has 1 rings (SSSR count). The SMILES string of the molecule is CC[C@@H]1NC(=O)[C@H](CC(C)C)N(C)C(=O)[C@H](CC)N(C)C(=O)[C@H](CC(C)C)N(C)C(=O)[C@H](CC(C)C)N(C)C(=O)[C@@H](C)NC(=O)[C@H](C)NC(=O)[C@H](CC(C)C)N(C)C(=O)[C@H](C(C)C)NC(=O)[C@H](CC(C)C)N(C)C(=O)CN(C)C1=O. The number of nitrogens with zero attached hydrogens (tertiary/aromatic N) is 7. The molecule has 80 heavy (non-hydrogen) atoms. The number of carbonyl (C=O) groups is 11. The van der Waals surface area contributed by atoms with E-state index in [0.717, 1.165) is 0 Å². The average molecular weight is 1130 g/mol. The second-order valence-corrected chi connectivity index (χ2v) is 24.8. The Kier molecular flexibility index (Phi) is 29.4. The Labute approximate surface area is 479 Å². The Morgan fingerprint density at radius 2 is 0.688 bits per heavy atom. The van der Waals surface area contributed by atoms with Crippen molar-refractivity contribution in [2.45, 2.75) is 216 Å². The lowest BCUT2D eigenvalue weighted by atomic mass is 9.96. The minimum atomic E-state index is -1.21. The molecule has 0 unspecified atom stereocenters. The van der Waals surface area contributed by atoms with Gasteiger partial charge in [-0.1, -0.05) is 96.9 Å². The van der Waals surface area contributed by atoms with Gasteiger partial charge in [0.1, 0.15) is 60.4 Å². The highest BCUT2D eigenvalue weighted by atomic mass is 16.2. The molecular weight excluding hydrogens is 1030 g/mol. The lowest BCUT2D eigenvalue weighted by Gasteiger charge is -2.40. The van der Waals surface area contributed by atoms with Crippen LogP contribution < -0.4 is 21.3 Å². The van der Waals surface area contributed by atoms with Gasteiger partial charge < -0.3 is 55.6 Å². The van der Waals surface area contributed by atoms with Crippen molar-refractivity contribution >= 4 is 65.0 Å². The predicted octanol–water partition coefficient (Wildman–Crippen LogP) is 3.11. The molecule has 22 nitrogen and oxygen atoms in total. The minimum absolute atomic E-state index is 0.107. The van der Waals surface area contributed by atoms with Crippen molar-refractivity contribution in [1.29, 1.82) is 0 Å². The van der Waals surface area contributed by atoms with Crippen molar-refractivity contribution in [2.24, 2.45) is 35.5 Å². The number of nitrogens with one attached hydrogen (secondary N) is 4. The number of hydrogen-bond acceptors (Lipinski definition) is 11. The summed E-state index contributed by atoms with van der Waals surface area (Å²) in [7, 11) is 10.2. The van der Waals surface area contributed by atoms with E-state index < -0.39 is 138 Å². The van der Waals surface area contributed by atoms with Gasteiger partial charge in [0.15, 0.2) is 0 Å². The van der Waals surface area contributed by atoms with Crippen LogP contribution in [0.1, 0.15) is 156 Å². The molecule has 0 aliphatic carbocycles. The fourth-order valence-electron chi connectivity index (χ4n) is 9.99. The summed E-state index contributed by atoms with van der Waals surface area (Å²) in [4.78, 5) is 167. The van der Waals surface area contributed by atoms with E-state index in [2.05, 4.69) is 21.3 Å². The summed E-state index contributed by atoms with van der Waals surface area (Å²) in [5, 5.41) is 11.1. The van der Waals surface area contributed by atoms with Gasteiger partial charge in [0.05, 0.1) is 6.54 Å². The Morgan fingerprint density at radius 1 is 0.362 bits per heavy atom. The van der Waals surface area contributed by atoms with E-state index in [0.29, 0.717) is 0 Å². The Bertz CT molecular complexity index is 2150. The molecule has 0 aromatic rings. The van der Waals surface area contributed by atoms with Gasteiger partial charge in [-0.25, -0.2) is 0 Å². The number of rotatable bonds is 13. The van der Waals surface area contributed by atoms with Gasteiger partial charge in [-0.05, 0) is 94.3 Å². The van der Waals surface area contributed by atoms with Crippen LogP contribution in [0.25, 0.3) is 0 Å². The van der Waals surface area contributed by atoms with Crippen molar-refractivity contribution in [1.82, 2.24) is 55.6 Å². The highest BCUT2D eigenvalue weighted by Gasteiger charge is 2.43. The fourth-order valence-corrected chi connectivity index (χ4v) is 9.99. The standard InChI is InChI=1S/C58H105N11O11/c1-24-40-54(76)63(17)31-47(70)64(18)42(26-32(3)4)52(74)62-48(37(13)14)58(80)67(21)43(27-33(5)6)50(72)59-38(15)49(71)60-39(16)53(75)68(22)45(29-35(9)10)57(79)69(23)46(30-36(11)12)56(78)65(19)41(25-2)55(77)66(20)44(28-34(7)8)51(73)61-40/h32-46,48H,24-31H2,1-23H3,(H,59,72)(H,60,71)(H,61,73)(H,62,74)/t38-,39+,40-,41-,42-,43-,44-,45-,46-,48-/m0/s1. The molecule has 10 atom stereocenters. The number of hydrogen-bond donors (Lipinski definition) is 4. The zero-order chi connectivity index (χ0) is 62.1. The third-order valence-electron chi connectivity index (χ3n) is 15.0. The van der Waals surface area contributed by atoms with Crippen molar-refractivity contribution in [3.05, 3.63) is 0 Å². The smallest absolute Gasteiger partial charge is 0.245 e. The van der Waals surface area contributed by atoms with E-state index in [1.165, 1.54) is 97.5 Å². The van der Waals surface area contributed by atoms with Crippen LogP contribution >= 0.6 is 0 Å². The highest BCUT2D eigenvalue weighted by molar-refractivity contribution is 5.99. The molecule has 0 aromatic heterocycles. The number of carbonyl (C=O) groups excluding carboxylic acids is 11. The van der Waals surface area contributed by atoms with Gasteiger partial charge in [-0.3, -0.25) is 52.7 Å². The van der Waals surface area contributed by atoms with Gasteiger partial charge >= 0.3 is 0 Å². The topological polar surface area (TPSA) is 259 Å². The lowest BCUT2D eigenvalue weighted by Crippen LogP contribution is -2.61. The third-order valence-corrected chi connectivity index (χ3v) is 15.0. The first-order chi connectivity index (χ1) is 36.9. The van der Waals surface area contributed by atoms with Crippen LogP contribution in [0.5, 0.6) is 0 Å². The largest absolute Gasteiger partial charge is 0.343 e. The Hall–Kier alpha value is -5.83. The van der Waals surface area contributed by atoms with Crippen LogP contribution in [-0.4, -0.2) is 216 Å². The molecule has 22 heteroatoms. The van der Waals surface area contributed by atoms with Gasteiger partial charge in [0.25, 0.3) is 0 Å². The maximum absolute atomic E-state index is 14.8. The molecule has 458 valence electrons. The van der Waals surface area contributed by atoms with E-state index in [1.54, 1.807) is 27.7 Å². The second-order valence-electron chi connectivity index (χ2n) is 24.8. The first-order valence-electron chi connectivity index (χ1n) is 28.9. The molecular formula is C58H105N11O11. The van der Waals surface area contributed by atoms with Crippen LogP contribution in [-0.2, 0) is 52.7 Å². The summed E-state index contributed by atoms with van der Waals surface area (Å²) < 4.78 is 0. The van der Waals surface area contributed by atoms with Crippen LogP contribution in [0.2, 0.25) is 0 Å². The maximum atomic E-state index is 14.8. The normalized spacial score (nSPS) is 26.9. The molecule has 11 amide bonds. The molecule has 1 aliphatic heterocycles. The first kappa shape index (κ1) is 72.2. The predicted molar refractivity (Wildman–Crippen MR) is 309 cm³/mol. The fraction of sp³-hybridized carbons (Fsp3) is 0.810. The zero-order valence-electron chi connectivity index (χ0n) is 53.0. The van der Waals surface area contributed by atoms with E-state index in [9.17, 15) is 52.7 Å². The summed E-state index contributed by atoms with van der Waals surface area (Å²) in [5.41, 5.74) is 0. The van der Waals surface area contributed by atoms with Crippen molar-refractivity contribution in [2.75, 3.05) is 55.9 Å². The van der Waals surface area contributed by atoms with E-state index in [4.69, 9.17) is 0 Å². The van der Waals surface area contributed by atoms with Crippen LogP contribution in [0.15, 0.2) is 0 Å². The minimum Gasteiger partial charge on any atom is -0.343 e. The Morgan fingerprint density at radius 3 is 1.09 bits per heavy atom. The summed E-state index contributed by atoms with van der Waals surface area (Å²) in [6.45, 7) is 28.1. The second kappa shape index (κ2) is 32.6. The molecule has 4 N–H and O–H groups in total. The summed E-state index contributed by atoms with van der Waals surface area (Å²) in [5.74, 6) is -7.71. The summed E-state index contributed by atoms with van der Waals surface area (Å²) >= 11 is 0. The summed E-state index contributed by atoms with van der Waals surface area (Å²) in [6.07, 6.45) is 1.20. The lowest BCUT2D eigenvalue weighted by molar-refractivity contribution is -0.155. The molecule has 1 heterocycles. The van der Waals surface area contributed by atoms with Crippen molar-refractivity contribution in [3.63, 3.8) is 0 Å². The summed E-state index contributed by atoms with van der Waals surface area (Å²) in [6, 6.07) is -11.2. The van der Waals surface area contributed by atoms with Gasteiger partial charge in [0.2, 0.25) is 65.0 Å². The highest BCUT2D eigenvalue weighted by Crippen LogP contribution is 2.24. The molecule has 0 radical (unpaired) electrons. The van der Waals surface area contributed by atoms with Crippen LogP contribution in [0.4, 0.5) is 0 Å². The number of likely N-dealkylation sites (N-methyl/N-ethyl adjacent to an activating group) is 7. The van der Waals surface area contributed by atoms with E-state index >= 15 is 0 Å². The molecule has 0 bridgehead atoms. The Balaban J connectivity index is 4.16. The van der Waals surface area contributed by atoms with Crippen LogP contribution in [0.3, 0.4) is 0 Å². The van der Waals surface area contributed by atoms with Crippen molar-refractivity contribution in [3.8, 4) is 0 Å².